The Morgan fingerprint density at radius 2 is 1.58 bits per heavy atom. The van der Waals surface area contributed by atoms with Crippen molar-refractivity contribution in [3.8, 4) is 0 Å². The highest BCUT2D eigenvalue weighted by Gasteiger charge is 2.47. The number of nitrogens with zero attached hydrogens (tertiary/aromatic N) is 1. The molecule has 1 atom stereocenters. The molecule has 24 heavy (non-hydrogen) atoms. The number of rotatable bonds is 9. The van der Waals surface area contributed by atoms with E-state index in [-0.39, 0.29) is 19.8 Å². The molecule has 0 aliphatic heterocycles. The van der Waals surface area contributed by atoms with Crippen LogP contribution in [-0.4, -0.2) is 49.4 Å². The highest BCUT2D eigenvalue weighted by Crippen LogP contribution is 2.54. The third kappa shape index (κ3) is 4.90. The van der Waals surface area contributed by atoms with Crippen LogP contribution in [0.25, 0.3) is 0 Å². The second-order valence-corrected chi connectivity index (χ2v) is 6.87. The van der Waals surface area contributed by atoms with E-state index in [4.69, 9.17) is 13.8 Å². The molecule has 0 aliphatic rings. The average molecular weight is 357 g/mol. The lowest BCUT2D eigenvalue weighted by Gasteiger charge is -2.31. The Hall–Kier alpha value is -1.69. The van der Waals surface area contributed by atoms with Crippen LogP contribution in [0, 0.1) is 0 Å². The molecule has 134 valence electrons. The summed E-state index contributed by atoms with van der Waals surface area (Å²) in [5, 5.41) is 0. The maximum absolute atomic E-state index is 13.1. The maximum atomic E-state index is 13.1. The quantitative estimate of drug-likeness (QED) is 0.499. The molecule has 0 bridgehead atoms. The predicted octanol–water partition coefficient (Wildman–Crippen LogP) is 2.91. The third-order valence-electron chi connectivity index (χ3n) is 3.12. The van der Waals surface area contributed by atoms with Crippen molar-refractivity contribution in [1.82, 2.24) is 4.90 Å². The topological polar surface area (TPSA) is 82.1 Å². The fourth-order valence-corrected chi connectivity index (χ4v) is 4.09. The number of benzene rings is 1. The van der Waals surface area contributed by atoms with Crippen LogP contribution in [0.1, 0.15) is 31.1 Å². The normalized spacial score (nSPS) is 12.5. The molecule has 0 aliphatic carbocycles. The molecular weight excluding hydrogens is 333 g/mol. The molecule has 1 amide bonds. The first-order valence-corrected chi connectivity index (χ1v) is 9.40. The third-order valence-corrected chi connectivity index (χ3v) is 5.52. The van der Waals surface area contributed by atoms with Crippen molar-refractivity contribution < 1.29 is 27.9 Å². The first-order chi connectivity index (χ1) is 11.4. The molecule has 1 rings (SSSR count). The van der Waals surface area contributed by atoms with Crippen molar-refractivity contribution in [2.45, 2.75) is 26.6 Å². The van der Waals surface area contributed by atoms with E-state index in [1.807, 2.05) is 0 Å². The SMILES string of the molecule is CCOC(=O)C(N(C)C(=O)c1ccccc1)P(=O)(OCC)OCC. The zero-order chi connectivity index (χ0) is 18.2. The van der Waals surface area contributed by atoms with Crippen molar-refractivity contribution in [3.05, 3.63) is 35.9 Å². The van der Waals surface area contributed by atoms with Crippen LogP contribution in [0.2, 0.25) is 0 Å². The van der Waals surface area contributed by atoms with Gasteiger partial charge in [-0.3, -0.25) is 9.36 Å². The van der Waals surface area contributed by atoms with Gasteiger partial charge in [0, 0.05) is 12.6 Å². The molecule has 0 heterocycles. The lowest BCUT2D eigenvalue weighted by atomic mass is 10.2. The Bertz CT molecular complexity index is 581. The van der Waals surface area contributed by atoms with Crippen LogP contribution >= 0.6 is 7.60 Å². The Morgan fingerprint density at radius 1 is 1.04 bits per heavy atom. The summed E-state index contributed by atoms with van der Waals surface area (Å²) >= 11 is 0. The van der Waals surface area contributed by atoms with E-state index in [1.54, 1.807) is 51.1 Å². The summed E-state index contributed by atoms with van der Waals surface area (Å²) in [7, 11) is -2.54. The Labute approximate surface area is 142 Å². The van der Waals surface area contributed by atoms with Crippen molar-refractivity contribution in [3.63, 3.8) is 0 Å². The molecule has 1 unspecified atom stereocenters. The number of esters is 1. The minimum atomic E-state index is -3.92. The molecule has 7 nitrogen and oxygen atoms in total. The van der Waals surface area contributed by atoms with Gasteiger partial charge in [0.05, 0.1) is 19.8 Å². The average Bonchev–Trinajstić information content (AvgIpc) is 2.55. The summed E-state index contributed by atoms with van der Waals surface area (Å²) in [6.45, 7) is 5.11. The fraction of sp³-hybridized carbons (Fsp3) is 0.500. The molecule has 0 N–H and O–H groups in total. The maximum Gasteiger partial charge on any atom is 0.364 e. The van der Waals surface area contributed by atoms with Crippen molar-refractivity contribution >= 4 is 19.5 Å². The van der Waals surface area contributed by atoms with Gasteiger partial charge in [0.25, 0.3) is 5.91 Å². The van der Waals surface area contributed by atoms with Crippen molar-refractivity contribution in [2.75, 3.05) is 26.9 Å². The highest BCUT2D eigenvalue weighted by atomic mass is 31.2. The van der Waals surface area contributed by atoms with E-state index in [0.717, 1.165) is 4.90 Å². The molecule has 0 fully saturated rings. The lowest BCUT2D eigenvalue weighted by molar-refractivity contribution is -0.145. The van der Waals surface area contributed by atoms with Gasteiger partial charge < -0.3 is 18.7 Å². The molecule has 0 spiro atoms. The van der Waals surface area contributed by atoms with Crippen LogP contribution in [0.4, 0.5) is 0 Å². The molecule has 8 heteroatoms. The van der Waals surface area contributed by atoms with Crippen LogP contribution in [0.15, 0.2) is 30.3 Å². The second kappa shape index (κ2) is 9.57. The van der Waals surface area contributed by atoms with Crippen LogP contribution in [0.5, 0.6) is 0 Å². The Balaban J connectivity index is 3.23. The molecular formula is C16H24NO6P. The van der Waals surface area contributed by atoms with Gasteiger partial charge in [-0.25, -0.2) is 4.79 Å². The monoisotopic (exact) mass is 357 g/mol. The minimum absolute atomic E-state index is 0.0700. The number of ether oxygens (including phenoxy) is 1. The number of hydrogen-bond acceptors (Lipinski definition) is 6. The molecule has 0 radical (unpaired) electrons. The van der Waals surface area contributed by atoms with Gasteiger partial charge in [0.15, 0.2) is 0 Å². The molecule has 0 saturated carbocycles. The highest BCUT2D eigenvalue weighted by molar-refractivity contribution is 7.55. The van der Waals surface area contributed by atoms with E-state index in [9.17, 15) is 14.2 Å². The van der Waals surface area contributed by atoms with Gasteiger partial charge >= 0.3 is 13.6 Å². The summed E-state index contributed by atoms with van der Waals surface area (Å²) in [6, 6.07) is 8.38. The van der Waals surface area contributed by atoms with Crippen LogP contribution < -0.4 is 0 Å². The standard InChI is InChI=1S/C16H24NO6P/c1-5-21-16(19)15(24(20,22-6-2)23-7-3)17(4)14(18)13-11-9-8-10-12-13/h8-12,15H,5-7H2,1-4H3. The van der Waals surface area contributed by atoms with Gasteiger partial charge in [-0.2, -0.15) is 0 Å². The zero-order valence-corrected chi connectivity index (χ0v) is 15.3. The van der Waals surface area contributed by atoms with Crippen molar-refractivity contribution in [1.29, 1.82) is 0 Å². The second-order valence-electron chi connectivity index (χ2n) is 4.78. The van der Waals surface area contributed by atoms with Gasteiger partial charge in [-0.1, -0.05) is 18.2 Å². The van der Waals surface area contributed by atoms with E-state index < -0.39 is 25.3 Å². The van der Waals surface area contributed by atoms with Gasteiger partial charge in [-0.05, 0) is 32.9 Å². The largest absolute Gasteiger partial charge is 0.464 e. The number of carbonyl (C=O) groups excluding carboxylic acids is 2. The van der Waals surface area contributed by atoms with Crippen LogP contribution in [-0.2, 0) is 23.1 Å². The smallest absolute Gasteiger partial charge is 0.364 e. The summed E-state index contributed by atoms with van der Waals surface area (Å²) in [5.74, 6) is -2.77. The molecule has 0 aromatic heterocycles. The van der Waals surface area contributed by atoms with Crippen molar-refractivity contribution in [2.24, 2.45) is 0 Å². The molecule has 0 saturated heterocycles. The summed E-state index contributed by atoms with van der Waals surface area (Å²) in [5.41, 5.74) is 0.355. The number of amides is 1. The zero-order valence-electron chi connectivity index (χ0n) is 14.4. The van der Waals surface area contributed by atoms with Gasteiger partial charge in [-0.15, -0.1) is 0 Å². The Kier molecular flexibility index (Phi) is 8.11. The van der Waals surface area contributed by atoms with E-state index in [0.29, 0.717) is 5.56 Å². The van der Waals surface area contributed by atoms with Gasteiger partial charge in [0.2, 0.25) is 5.78 Å². The van der Waals surface area contributed by atoms with E-state index in [2.05, 4.69) is 0 Å². The van der Waals surface area contributed by atoms with E-state index >= 15 is 0 Å². The van der Waals surface area contributed by atoms with Crippen LogP contribution in [0.3, 0.4) is 0 Å². The fourth-order valence-electron chi connectivity index (χ4n) is 2.15. The minimum Gasteiger partial charge on any atom is -0.464 e. The van der Waals surface area contributed by atoms with Gasteiger partial charge in [0.1, 0.15) is 0 Å². The lowest BCUT2D eigenvalue weighted by Crippen LogP contribution is -2.44. The summed E-state index contributed by atoms with van der Waals surface area (Å²) in [6.07, 6.45) is 0. The number of hydrogen-bond donors (Lipinski definition) is 0. The molecule has 1 aromatic rings. The molecule has 1 aromatic carbocycles. The van der Waals surface area contributed by atoms with E-state index in [1.165, 1.54) is 7.05 Å². The summed E-state index contributed by atoms with van der Waals surface area (Å²) in [4.78, 5) is 26.1. The predicted molar refractivity (Wildman–Crippen MR) is 89.8 cm³/mol. The number of likely N-dealkylation sites (N-methyl/N-ethyl adjacent to an activating group) is 1. The summed E-state index contributed by atoms with van der Waals surface area (Å²) < 4.78 is 28.5. The Morgan fingerprint density at radius 3 is 2.04 bits per heavy atom. The number of carbonyl (C=O) groups is 2. The first kappa shape index (κ1) is 20.4. The first-order valence-electron chi connectivity index (χ1n) is 7.78.